The molecule has 9 heteroatoms. The molecule has 0 radical (unpaired) electrons. The van der Waals surface area contributed by atoms with Crippen LogP contribution in [0, 0.1) is 0 Å². The van der Waals surface area contributed by atoms with Crippen molar-refractivity contribution in [2.45, 2.75) is 206 Å². The van der Waals surface area contributed by atoms with Gasteiger partial charge in [0.15, 0.2) is 0 Å². The second-order valence-electron chi connectivity index (χ2n) is 18.2. The first-order chi connectivity index (χ1) is 31.0. The fourth-order valence-corrected chi connectivity index (χ4v) is 7.56. The lowest BCUT2D eigenvalue weighted by Gasteiger charge is -2.26. The lowest BCUT2D eigenvalue weighted by atomic mass is 10.0. The number of rotatable bonds is 45. The lowest BCUT2D eigenvalue weighted by Crippen LogP contribution is -2.46. The van der Waals surface area contributed by atoms with Gasteiger partial charge in [-0.15, -0.1) is 0 Å². The van der Waals surface area contributed by atoms with Crippen molar-refractivity contribution in [2.75, 3.05) is 40.9 Å². The molecule has 3 unspecified atom stereocenters. The molecule has 3 atom stereocenters. The van der Waals surface area contributed by atoms with Crippen LogP contribution in [0.25, 0.3) is 0 Å². The van der Waals surface area contributed by atoms with Crippen LogP contribution in [0.1, 0.15) is 194 Å². The Bertz CT molecular complexity index is 1360. The third kappa shape index (κ3) is 47.4. The number of phosphoric acid groups is 1. The molecule has 0 rings (SSSR count). The molecule has 8 nitrogen and oxygen atoms in total. The molecule has 0 aliphatic rings. The average molecular weight is 914 g/mol. The Morgan fingerprint density at radius 2 is 0.938 bits per heavy atom. The number of hydrogen-bond acceptors (Lipinski definition) is 5. The zero-order valence-electron chi connectivity index (χ0n) is 41.7. The number of aliphatic hydroxyl groups excluding tert-OH is 1. The maximum Gasteiger partial charge on any atom is 0.472 e. The van der Waals surface area contributed by atoms with Gasteiger partial charge in [-0.25, -0.2) is 4.57 Å². The Hall–Kier alpha value is -2.58. The number of hydrogen-bond donors (Lipinski definition) is 3. The fourth-order valence-electron chi connectivity index (χ4n) is 6.83. The molecule has 0 spiro atoms. The van der Waals surface area contributed by atoms with Crippen molar-refractivity contribution in [1.82, 2.24) is 5.32 Å². The van der Waals surface area contributed by atoms with Gasteiger partial charge in [0.25, 0.3) is 0 Å². The van der Waals surface area contributed by atoms with E-state index in [0.717, 1.165) is 103 Å². The molecule has 1 amide bonds. The van der Waals surface area contributed by atoms with Crippen LogP contribution >= 0.6 is 7.82 Å². The van der Waals surface area contributed by atoms with E-state index in [0.29, 0.717) is 23.9 Å². The van der Waals surface area contributed by atoms with E-state index in [1.165, 1.54) is 64.2 Å². The number of unbranched alkanes of at least 4 members (excludes halogenated alkanes) is 16. The van der Waals surface area contributed by atoms with Crippen LogP contribution in [0.3, 0.4) is 0 Å². The molecular formula is C55H98N2O6P+. The van der Waals surface area contributed by atoms with E-state index in [4.69, 9.17) is 9.05 Å². The summed E-state index contributed by atoms with van der Waals surface area (Å²) in [6.07, 6.45) is 64.5. The summed E-state index contributed by atoms with van der Waals surface area (Å²) in [4.78, 5) is 23.2. The van der Waals surface area contributed by atoms with Crippen molar-refractivity contribution in [3.05, 3.63) is 97.2 Å². The first kappa shape index (κ1) is 61.4. The number of nitrogens with zero attached hydrogens (tertiary/aromatic N) is 1. The predicted molar refractivity (Wildman–Crippen MR) is 276 cm³/mol. The average Bonchev–Trinajstić information content (AvgIpc) is 3.25. The Morgan fingerprint density at radius 1 is 0.547 bits per heavy atom. The third-order valence-electron chi connectivity index (χ3n) is 10.8. The van der Waals surface area contributed by atoms with Gasteiger partial charge in [-0.05, 0) is 77.0 Å². The molecule has 0 fully saturated rings. The summed E-state index contributed by atoms with van der Waals surface area (Å²) in [5.74, 6) is -0.165. The summed E-state index contributed by atoms with van der Waals surface area (Å²) in [5, 5.41) is 13.9. The van der Waals surface area contributed by atoms with E-state index in [1.807, 2.05) is 21.1 Å². The maximum absolute atomic E-state index is 12.9. The second-order valence-corrected chi connectivity index (χ2v) is 19.6. The number of carbonyl (C=O) groups excluding carboxylic acids is 1. The maximum atomic E-state index is 12.9. The Labute approximate surface area is 394 Å². The normalized spacial score (nSPS) is 14.9. The van der Waals surface area contributed by atoms with E-state index in [1.54, 1.807) is 0 Å². The van der Waals surface area contributed by atoms with Crippen LogP contribution in [0.2, 0.25) is 0 Å². The number of phosphoric ester groups is 1. The van der Waals surface area contributed by atoms with E-state index in [2.05, 4.69) is 116 Å². The van der Waals surface area contributed by atoms with Gasteiger partial charge in [0, 0.05) is 6.42 Å². The number of nitrogens with one attached hydrogen (secondary N) is 1. The van der Waals surface area contributed by atoms with Crippen molar-refractivity contribution in [1.29, 1.82) is 0 Å². The monoisotopic (exact) mass is 914 g/mol. The molecule has 0 bridgehead atoms. The van der Waals surface area contributed by atoms with Crippen molar-refractivity contribution >= 4 is 13.7 Å². The molecule has 64 heavy (non-hydrogen) atoms. The Morgan fingerprint density at radius 3 is 1.38 bits per heavy atom. The van der Waals surface area contributed by atoms with E-state index in [9.17, 15) is 19.4 Å². The Kier molecular flexibility index (Phi) is 43.7. The van der Waals surface area contributed by atoms with Crippen molar-refractivity contribution in [2.24, 2.45) is 0 Å². The molecule has 3 N–H and O–H groups in total. The third-order valence-corrected chi connectivity index (χ3v) is 11.8. The van der Waals surface area contributed by atoms with Crippen LogP contribution < -0.4 is 5.32 Å². The van der Waals surface area contributed by atoms with Gasteiger partial charge in [0.2, 0.25) is 5.91 Å². The summed E-state index contributed by atoms with van der Waals surface area (Å²) >= 11 is 0. The number of likely N-dealkylation sites (N-methyl/N-ethyl adjacent to an activating group) is 1. The Balaban J connectivity index is 4.21. The molecule has 0 aromatic rings. The molecule has 0 heterocycles. The van der Waals surface area contributed by atoms with Crippen molar-refractivity contribution in [3.8, 4) is 0 Å². The highest BCUT2D eigenvalue weighted by Gasteiger charge is 2.28. The molecule has 0 aliphatic carbocycles. The summed E-state index contributed by atoms with van der Waals surface area (Å²) in [5.41, 5.74) is 0. The fraction of sp³-hybridized carbons (Fsp3) is 0.691. The number of quaternary nitrogens is 1. The summed E-state index contributed by atoms with van der Waals surface area (Å²) in [6, 6.07) is -0.774. The molecule has 0 aromatic heterocycles. The minimum atomic E-state index is -4.32. The van der Waals surface area contributed by atoms with Gasteiger partial charge >= 0.3 is 7.82 Å². The van der Waals surface area contributed by atoms with Crippen molar-refractivity contribution < 1.29 is 32.9 Å². The van der Waals surface area contributed by atoms with Gasteiger partial charge in [-0.3, -0.25) is 13.8 Å². The number of carbonyl (C=O) groups is 1. The zero-order valence-corrected chi connectivity index (χ0v) is 42.6. The number of allylic oxidation sites excluding steroid dienone is 16. The van der Waals surface area contributed by atoms with E-state index >= 15 is 0 Å². The molecule has 0 aliphatic heterocycles. The topological polar surface area (TPSA) is 105 Å². The van der Waals surface area contributed by atoms with Gasteiger partial charge in [0.05, 0.1) is 39.9 Å². The molecule has 0 saturated carbocycles. The molecular weight excluding hydrogens is 816 g/mol. The van der Waals surface area contributed by atoms with Gasteiger partial charge in [-0.1, -0.05) is 207 Å². The number of amides is 1. The minimum absolute atomic E-state index is 0.0662. The summed E-state index contributed by atoms with van der Waals surface area (Å²) in [6.45, 7) is 4.73. The van der Waals surface area contributed by atoms with Crippen LogP contribution in [-0.4, -0.2) is 73.4 Å². The highest BCUT2D eigenvalue weighted by molar-refractivity contribution is 7.47. The lowest BCUT2D eigenvalue weighted by molar-refractivity contribution is -0.870. The van der Waals surface area contributed by atoms with Gasteiger partial charge in [0.1, 0.15) is 13.2 Å². The van der Waals surface area contributed by atoms with Crippen molar-refractivity contribution in [3.63, 3.8) is 0 Å². The number of aliphatic hydroxyl groups is 1. The standard InChI is InChI=1S/C55H97N2O6P/c1-6-8-10-12-14-16-18-19-20-21-22-23-24-25-26-27-28-29-30-31-32-33-34-35-36-37-39-41-43-45-47-49-55(59)56-53(52-63-64(60,61)62-51-50-57(3,4)5)54(58)48-46-44-42-40-38-17-15-13-11-9-7-2/h8,10,14,16,19-20,22-23,25-26,28-29,31-32,34-35,53-54,58H,6-7,9,11-13,15,17-18,21,24,27,30,33,36-52H2,1-5H3,(H-,56,59,60,61)/p+1/b10-8-,16-14-,20-19-,23-22-,26-25-,29-28-,32-31-,35-34-. The van der Waals surface area contributed by atoms with E-state index in [-0.39, 0.29) is 19.1 Å². The van der Waals surface area contributed by atoms with Crippen LogP contribution in [0.5, 0.6) is 0 Å². The first-order valence-electron chi connectivity index (χ1n) is 25.6. The van der Waals surface area contributed by atoms with Crippen LogP contribution in [-0.2, 0) is 18.4 Å². The van der Waals surface area contributed by atoms with Gasteiger partial charge in [-0.2, -0.15) is 0 Å². The molecule has 0 aromatic carbocycles. The van der Waals surface area contributed by atoms with E-state index < -0.39 is 20.0 Å². The van der Waals surface area contributed by atoms with Gasteiger partial charge < -0.3 is 19.8 Å². The van der Waals surface area contributed by atoms with Crippen LogP contribution in [0.4, 0.5) is 0 Å². The summed E-state index contributed by atoms with van der Waals surface area (Å²) in [7, 11) is 1.59. The second kappa shape index (κ2) is 45.6. The van der Waals surface area contributed by atoms with Crippen LogP contribution in [0.15, 0.2) is 97.2 Å². The zero-order chi connectivity index (χ0) is 47.1. The largest absolute Gasteiger partial charge is 0.472 e. The molecule has 0 saturated heterocycles. The molecule has 368 valence electrons. The first-order valence-corrected chi connectivity index (χ1v) is 27.1. The SMILES string of the molecule is CC/C=C\C/C=C\C/C=C\C/C=C\C/C=C\C/C=C\C/C=C\C/C=C\CCCCCCCCC(=O)NC(COP(=O)(O)OCC[N+](C)(C)C)C(O)CCCCCCCCCCCCC. The quantitative estimate of drug-likeness (QED) is 0.0243. The highest BCUT2D eigenvalue weighted by Crippen LogP contribution is 2.43. The highest BCUT2D eigenvalue weighted by atomic mass is 31.2. The summed E-state index contributed by atoms with van der Waals surface area (Å²) < 4.78 is 23.6. The smallest absolute Gasteiger partial charge is 0.391 e. The minimum Gasteiger partial charge on any atom is -0.391 e. The predicted octanol–water partition coefficient (Wildman–Crippen LogP) is 15.1.